The fourth-order valence-electron chi connectivity index (χ4n) is 2.36. The van der Waals surface area contributed by atoms with Crippen molar-refractivity contribution in [2.45, 2.75) is 0 Å². The first-order valence-electron chi connectivity index (χ1n) is 7.27. The van der Waals surface area contributed by atoms with E-state index in [1.165, 1.54) is 0 Å². The topological polar surface area (TPSA) is 63.2 Å². The summed E-state index contributed by atoms with van der Waals surface area (Å²) >= 11 is 5.27. The summed E-state index contributed by atoms with van der Waals surface area (Å²) in [6.07, 6.45) is 3.45. The average molecular weight is 337 g/mol. The maximum absolute atomic E-state index is 12.2. The van der Waals surface area contributed by atoms with E-state index in [4.69, 9.17) is 17.0 Å². The van der Waals surface area contributed by atoms with Crippen LogP contribution in [-0.4, -0.2) is 23.1 Å². The van der Waals surface area contributed by atoms with E-state index < -0.39 is 0 Å². The van der Waals surface area contributed by atoms with Crippen molar-refractivity contribution < 1.29 is 9.53 Å². The highest BCUT2D eigenvalue weighted by Crippen LogP contribution is 2.32. The van der Waals surface area contributed by atoms with Gasteiger partial charge in [-0.25, -0.2) is 0 Å². The fraction of sp³-hybridized carbons (Fsp3) is 0.0556. The molecule has 5 nitrogen and oxygen atoms in total. The first-order chi connectivity index (χ1) is 11.7. The van der Waals surface area contributed by atoms with Crippen LogP contribution in [-0.2, 0) is 0 Å². The highest BCUT2D eigenvalue weighted by Gasteiger charge is 2.12. The number of anilines is 1. The molecule has 0 saturated heterocycles. The third-order valence-corrected chi connectivity index (χ3v) is 3.71. The van der Waals surface area contributed by atoms with Gasteiger partial charge in [-0.3, -0.25) is 15.1 Å². The van der Waals surface area contributed by atoms with Crippen LogP contribution in [0.1, 0.15) is 10.4 Å². The minimum Gasteiger partial charge on any atom is -0.495 e. The Kier molecular flexibility index (Phi) is 4.67. The molecule has 1 amide bonds. The second-order valence-corrected chi connectivity index (χ2v) is 5.42. The van der Waals surface area contributed by atoms with Gasteiger partial charge in [0.2, 0.25) is 0 Å². The first kappa shape index (κ1) is 15.9. The second kappa shape index (κ2) is 7.06. The van der Waals surface area contributed by atoms with Crippen LogP contribution in [0.2, 0.25) is 0 Å². The minimum atomic E-state index is -0.269. The number of fused-ring (bicyclic) bond motifs is 1. The number of amides is 1. The van der Waals surface area contributed by atoms with Gasteiger partial charge in [0.15, 0.2) is 5.11 Å². The van der Waals surface area contributed by atoms with E-state index in [1.807, 2.05) is 24.3 Å². The highest BCUT2D eigenvalue weighted by atomic mass is 32.1. The molecule has 0 atom stereocenters. The van der Waals surface area contributed by atoms with E-state index in [1.54, 1.807) is 43.8 Å². The molecular weight excluding hydrogens is 322 g/mol. The zero-order valence-corrected chi connectivity index (χ0v) is 13.8. The summed E-state index contributed by atoms with van der Waals surface area (Å²) in [5, 5.41) is 7.77. The zero-order valence-electron chi connectivity index (χ0n) is 12.9. The number of carbonyl (C=O) groups is 1. The normalized spacial score (nSPS) is 10.2. The summed E-state index contributed by atoms with van der Waals surface area (Å²) in [4.78, 5) is 16.3. The number of benzene rings is 2. The number of ether oxygens (including phenoxy) is 1. The molecule has 0 spiro atoms. The molecule has 0 saturated carbocycles. The largest absolute Gasteiger partial charge is 0.495 e. The van der Waals surface area contributed by atoms with E-state index in [9.17, 15) is 4.79 Å². The molecule has 0 unspecified atom stereocenters. The number of rotatable bonds is 3. The van der Waals surface area contributed by atoms with Crippen LogP contribution in [0.4, 0.5) is 5.69 Å². The minimum absolute atomic E-state index is 0.200. The molecule has 0 bridgehead atoms. The lowest BCUT2D eigenvalue weighted by Crippen LogP contribution is -2.34. The molecule has 120 valence electrons. The van der Waals surface area contributed by atoms with Gasteiger partial charge in [-0.05, 0) is 42.5 Å². The van der Waals surface area contributed by atoms with E-state index in [0.717, 1.165) is 10.8 Å². The third kappa shape index (κ3) is 3.33. The van der Waals surface area contributed by atoms with Crippen molar-refractivity contribution in [1.29, 1.82) is 0 Å². The molecule has 2 N–H and O–H groups in total. The predicted octanol–water partition coefficient (Wildman–Crippen LogP) is 3.37. The zero-order chi connectivity index (χ0) is 16.9. The average Bonchev–Trinajstić information content (AvgIpc) is 2.62. The van der Waals surface area contributed by atoms with Crippen molar-refractivity contribution in [2.24, 2.45) is 0 Å². The Hall–Kier alpha value is -2.99. The van der Waals surface area contributed by atoms with Crippen molar-refractivity contribution in [3.63, 3.8) is 0 Å². The van der Waals surface area contributed by atoms with Gasteiger partial charge >= 0.3 is 0 Å². The van der Waals surface area contributed by atoms with Crippen LogP contribution in [0.15, 0.2) is 60.9 Å². The Morgan fingerprint density at radius 1 is 1.12 bits per heavy atom. The monoisotopic (exact) mass is 337 g/mol. The Morgan fingerprint density at radius 3 is 2.67 bits per heavy atom. The van der Waals surface area contributed by atoms with Gasteiger partial charge < -0.3 is 10.1 Å². The Bertz CT molecular complexity index is 897. The van der Waals surface area contributed by atoms with Gasteiger partial charge in [0.1, 0.15) is 5.75 Å². The van der Waals surface area contributed by atoms with E-state index in [-0.39, 0.29) is 11.0 Å². The summed E-state index contributed by atoms with van der Waals surface area (Å²) in [7, 11) is 1.58. The Labute approximate surface area is 144 Å². The number of aromatic nitrogens is 1. The third-order valence-electron chi connectivity index (χ3n) is 3.50. The van der Waals surface area contributed by atoms with Crippen molar-refractivity contribution in [2.75, 3.05) is 12.4 Å². The van der Waals surface area contributed by atoms with Crippen molar-refractivity contribution in [1.82, 2.24) is 10.3 Å². The number of methoxy groups -OCH3 is 1. The fourth-order valence-corrected chi connectivity index (χ4v) is 2.55. The van der Waals surface area contributed by atoms with Crippen LogP contribution in [0.25, 0.3) is 10.8 Å². The molecule has 24 heavy (non-hydrogen) atoms. The molecule has 0 aliphatic rings. The smallest absolute Gasteiger partial charge is 0.257 e. The quantitative estimate of drug-likeness (QED) is 0.718. The van der Waals surface area contributed by atoms with Crippen LogP contribution in [0.3, 0.4) is 0 Å². The molecular formula is C18H15N3O2S. The molecule has 6 heteroatoms. The molecule has 0 fully saturated rings. The van der Waals surface area contributed by atoms with Gasteiger partial charge in [0.25, 0.3) is 5.91 Å². The molecule has 0 aliphatic carbocycles. The molecule has 1 aromatic heterocycles. The first-order valence-corrected chi connectivity index (χ1v) is 7.68. The molecule has 1 heterocycles. The van der Waals surface area contributed by atoms with Gasteiger partial charge in [-0.1, -0.05) is 18.2 Å². The highest BCUT2D eigenvalue weighted by molar-refractivity contribution is 7.80. The lowest BCUT2D eigenvalue weighted by molar-refractivity contribution is 0.0977. The predicted molar refractivity (Wildman–Crippen MR) is 98.4 cm³/mol. The second-order valence-electron chi connectivity index (χ2n) is 5.01. The Morgan fingerprint density at radius 2 is 1.92 bits per heavy atom. The number of nitrogens with one attached hydrogen (secondary N) is 2. The van der Waals surface area contributed by atoms with Crippen molar-refractivity contribution >= 4 is 39.7 Å². The SMILES string of the molecule is COc1ccc2cnccc2c1NC(=S)NC(=O)c1ccccc1. The number of hydrogen-bond acceptors (Lipinski definition) is 4. The molecule has 0 radical (unpaired) electrons. The molecule has 2 aromatic carbocycles. The van der Waals surface area contributed by atoms with Crippen LogP contribution < -0.4 is 15.4 Å². The van der Waals surface area contributed by atoms with Gasteiger partial charge in [-0.15, -0.1) is 0 Å². The summed E-state index contributed by atoms with van der Waals surface area (Å²) in [5.74, 6) is 0.360. The summed E-state index contributed by atoms with van der Waals surface area (Å²) in [6.45, 7) is 0. The van der Waals surface area contributed by atoms with Crippen molar-refractivity contribution in [3.8, 4) is 5.75 Å². The number of carbonyl (C=O) groups excluding carboxylic acids is 1. The van der Waals surface area contributed by atoms with Gasteiger partial charge in [0, 0.05) is 28.7 Å². The summed E-state index contributed by atoms with van der Waals surface area (Å²) in [5.41, 5.74) is 1.23. The number of pyridine rings is 1. The lowest BCUT2D eigenvalue weighted by atomic mass is 10.1. The molecule has 3 aromatic rings. The number of hydrogen-bond donors (Lipinski definition) is 2. The number of nitrogens with zero attached hydrogens (tertiary/aromatic N) is 1. The van der Waals surface area contributed by atoms with E-state index in [2.05, 4.69) is 15.6 Å². The van der Waals surface area contributed by atoms with Crippen molar-refractivity contribution in [3.05, 3.63) is 66.5 Å². The standard InChI is InChI=1S/C18H15N3O2S/c1-23-15-8-7-13-11-19-10-9-14(13)16(15)20-18(24)21-17(22)12-5-3-2-4-6-12/h2-11H,1H3,(H2,20,21,22,24). The molecule has 0 aliphatic heterocycles. The lowest BCUT2D eigenvalue weighted by Gasteiger charge is -2.15. The summed E-state index contributed by atoms with van der Waals surface area (Å²) in [6, 6.07) is 14.5. The van der Waals surface area contributed by atoms with Crippen LogP contribution in [0, 0.1) is 0 Å². The van der Waals surface area contributed by atoms with E-state index >= 15 is 0 Å². The van der Waals surface area contributed by atoms with Gasteiger partial charge in [0.05, 0.1) is 12.8 Å². The van der Waals surface area contributed by atoms with Crippen LogP contribution in [0.5, 0.6) is 5.75 Å². The van der Waals surface area contributed by atoms with Crippen LogP contribution >= 0.6 is 12.2 Å². The Balaban J connectivity index is 1.84. The van der Waals surface area contributed by atoms with E-state index in [0.29, 0.717) is 17.0 Å². The maximum Gasteiger partial charge on any atom is 0.257 e. The molecule has 3 rings (SSSR count). The number of thiocarbonyl (C=S) groups is 1. The summed E-state index contributed by atoms with van der Waals surface area (Å²) < 4.78 is 5.39. The van der Waals surface area contributed by atoms with Gasteiger partial charge in [-0.2, -0.15) is 0 Å². The maximum atomic E-state index is 12.2.